The molecule has 3 nitrogen and oxygen atoms in total. The van der Waals surface area contributed by atoms with Gasteiger partial charge < -0.3 is 5.32 Å². The van der Waals surface area contributed by atoms with E-state index in [-0.39, 0.29) is 0 Å². The van der Waals surface area contributed by atoms with Gasteiger partial charge in [0.05, 0.1) is 10.4 Å². The number of thiophene rings is 1. The Bertz CT molecular complexity index is 415. The van der Waals surface area contributed by atoms with E-state index in [0.29, 0.717) is 12.1 Å². The van der Waals surface area contributed by atoms with Gasteiger partial charge in [0, 0.05) is 43.6 Å². The molecule has 19 heavy (non-hydrogen) atoms. The van der Waals surface area contributed by atoms with E-state index >= 15 is 0 Å². The van der Waals surface area contributed by atoms with Gasteiger partial charge in [-0.15, -0.1) is 11.3 Å². The third-order valence-electron chi connectivity index (χ3n) is 4.22. The standard InChI is InChI=1S/C14H22ClN3S/c1-2-5-16-14(12-3-4-13(15)19-12)11-10-17-6-8-18(11)9-7-17/h3-4,11,14,16H,2,5-10H2,1H3. The summed E-state index contributed by atoms with van der Waals surface area (Å²) < 4.78 is 0.898. The van der Waals surface area contributed by atoms with E-state index in [9.17, 15) is 0 Å². The average Bonchev–Trinajstić information content (AvgIpc) is 2.87. The zero-order chi connectivity index (χ0) is 13.2. The fraction of sp³-hybridized carbons (Fsp3) is 0.714. The molecule has 106 valence electrons. The van der Waals surface area contributed by atoms with Crippen molar-refractivity contribution >= 4 is 22.9 Å². The van der Waals surface area contributed by atoms with Gasteiger partial charge >= 0.3 is 0 Å². The lowest BCUT2D eigenvalue weighted by Crippen LogP contribution is -2.63. The lowest BCUT2D eigenvalue weighted by atomic mass is 9.98. The molecule has 0 aromatic carbocycles. The Balaban J connectivity index is 1.78. The molecule has 0 aliphatic carbocycles. The van der Waals surface area contributed by atoms with E-state index in [1.165, 1.54) is 44.0 Å². The van der Waals surface area contributed by atoms with Crippen molar-refractivity contribution in [1.29, 1.82) is 0 Å². The van der Waals surface area contributed by atoms with Gasteiger partial charge in [-0.25, -0.2) is 0 Å². The van der Waals surface area contributed by atoms with Crippen molar-refractivity contribution in [2.24, 2.45) is 0 Å². The summed E-state index contributed by atoms with van der Waals surface area (Å²) in [5.74, 6) is 0. The van der Waals surface area contributed by atoms with E-state index in [4.69, 9.17) is 11.6 Å². The molecular formula is C14H22ClN3S. The minimum absolute atomic E-state index is 0.431. The molecule has 3 saturated heterocycles. The van der Waals surface area contributed by atoms with Crippen LogP contribution in [0.25, 0.3) is 0 Å². The van der Waals surface area contributed by atoms with Gasteiger partial charge in [0.15, 0.2) is 0 Å². The van der Waals surface area contributed by atoms with Crippen LogP contribution in [0.4, 0.5) is 0 Å². The van der Waals surface area contributed by atoms with Crippen molar-refractivity contribution in [3.63, 3.8) is 0 Å². The van der Waals surface area contributed by atoms with Crippen LogP contribution >= 0.6 is 22.9 Å². The Labute approximate surface area is 124 Å². The monoisotopic (exact) mass is 299 g/mol. The molecule has 3 aliphatic rings. The third kappa shape index (κ3) is 2.98. The Morgan fingerprint density at radius 2 is 2.16 bits per heavy atom. The summed E-state index contributed by atoms with van der Waals surface area (Å²) in [6.45, 7) is 9.40. The first-order valence-corrected chi connectivity index (χ1v) is 8.42. The van der Waals surface area contributed by atoms with Gasteiger partial charge in [-0.2, -0.15) is 0 Å². The fourth-order valence-corrected chi connectivity index (χ4v) is 4.39. The van der Waals surface area contributed by atoms with Crippen LogP contribution in [0, 0.1) is 0 Å². The number of rotatable bonds is 5. The third-order valence-corrected chi connectivity index (χ3v) is 5.53. The molecule has 2 atom stereocenters. The maximum absolute atomic E-state index is 6.12. The van der Waals surface area contributed by atoms with Gasteiger partial charge in [-0.05, 0) is 25.1 Å². The van der Waals surface area contributed by atoms with E-state index in [0.717, 1.165) is 10.9 Å². The second kappa shape index (κ2) is 6.10. The van der Waals surface area contributed by atoms with Crippen molar-refractivity contribution in [2.45, 2.75) is 25.4 Å². The van der Waals surface area contributed by atoms with Gasteiger partial charge in [-0.1, -0.05) is 18.5 Å². The van der Waals surface area contributed by atoms with Crippen molar-refractivity contribution in [2.75, 3.05) is 39.3 Å². The molecule has 2 unspecified atom stereocenters. The highest BCUT2D eigenvalue weighted by molar-refractivity contribution is 7.16. The summed E-state index contributed by atoms with van der Waals surface area (Å²) in [5, 5.41) is 3.74. The molecule has 1 aromatic rings. The second-order valence-corrected chi connectivity index (χ2v) is 7.22. The quantitative estimate of drug-likeness (QED) is 0.901. The van der Waals surface area contributed by atoms with Crippen LogP contribution in [-0.4, -0.2) is 55.1 Å². The molecule has 1 N–H and O–H groups in total. The van der Waals surface area contributed by atoms with E-state index in [2.05, 4.69) is 28.1 Å². The molecule has 3 aliphatic heterocycles. The smallest absolute Gasteiger partial charge is 0.0931 e. The first-order chi connectivity index (χ1) is 9.28. The number of piperazine rings is 3. The molecule has 0 saturated carbocycles. The number of fused-ring (bicyclic) bond motifs is 3. The van der Waals surface area contributed by atoms with Crippen LogP contribution in [-0.2, 0) is 0 Å². The molecule has 0 spiro atoms. The van der Waals surface area contributed by atoms with Gasteiger partial charge in [0.1, 0.15) is 0 Å². The molecule has 0 radical (unpaired) electrons. The minimum atomic E-state index is 0.431. The Morgan fingerprint density at radius 1 is 1.37 bits per heavy atom. The molecule has 4 heterocycles. The van der Waals surface area contributed by atoms with Gasteiger partial charge in [0.2, 0.25) is 0 Å². The lowest BCUT2D eigenvalue weighted by molar-refractivity contribution is -0.00310. The molecule has 5 heteroatoms. The molecule has 4 rings (SSSR count). The number of hydrogen-bond donors (Lipinski definition) is 1. The Hall–Kier alpha value is -0.130. The SMILES string of the molecule is CCCNC(c1ccc(Cl)s1)C1CN2CCN1CC2. The summed E-state index contributed by atoms with van der Waals surface area (Å²) in [6, 6.07) is 5.25. The number of nitrogens with zero attached hydrogens (tertiary/aromatic N) is 2. The van der Waals surface area contributed by atoms with E-state index < -0.39 is 0 Å². The van der Waals surface area contributed by atoms with Crippen LogP contribution < -0.4 is 5.32 Å². The maximum Gasteiger partial charge on any atom is 0.0931 e. The average molecular weight is 300 g/mol. The summed E-state index contributed by atoms with van der Waals surface area (Å²) in [6.07, 6.45) is 1.17. The molecule has 2 bridgehead atoms. The first kappa shape index (κ1) is 13.8. The summed E-state index contributed by atoms with van der Waals surface area (Å²) >= 11 is 7.85. The van der Waals surface area contributed by atoms with Crippen LogP contribution in [0.3, 0.4) is 0 Å². The van der Waals surface area contributed by atoms with Crippen LogP contribution in [0.1, 0.15) is 24.3 Å². The summed E-state index contributed by atoms with van der Waals surface area (Å²) in [7, 11) is 0. The van der Waals surface area contributed by atoms with Gasteiger partial charge in [0.25, 0.3) is 0 Å². The number of halogens is 1. The normalized spacial score (nSPS) is 31.6. The summed E-state index contributed by atoms with van der Waals surface area (Å²) in [5.41, 5.74) is 0. The summed E-state index contributed by atoms with van der Waals surface area (Å²) in [4.78, 5) is 6.64. The van der Waals surface area contributed by atoms with Gasteiger partial charge in [-0.3, -0.25) is 9.80 Å². The Kier molecular flexibility index (Phi) is 4.44. The van der Waals surface area contributed by atoms with E-state index in [1.807, 2.05) is 6.07 Å². The zero-order valence-electron chi connectivity index (χ0n) is 11.4. The zero-order valence-corrected chi connectivity index (χ0v) is 13.0. The van der Waals surface area contributed by atoms with Crippen LogP contribution in [0.2, 0.25) is 4.34 Å². The van der Waals surface area contributed by atoms with Crippen molar-refractivity contribution in [3.8, 4) is 0 Å². The Morgan fingerprint density at radius 3 is 2.68 bits per heavy atom. The van der Waals surface area contributed by atoms with Crippen molar-refractivity contribution in [3.05, 3.63) is 21.3 Å². The van der Waals surface area contributed by atoms with Crippen molar-refractivity contribution < 1.29 is 0 Å². The number of nitrogens with one attached hydrogen (secondary N) is 1. The van der Waals surface area contributed by atoms with Crippen molar-refractivity contribution in [1.82, 2.24) is 15.1 Å². The first-order valence-electron chi connectivity index (χ1n) is 7.23. The van der Waals surface area contributed by atoms with Crippen LogP contribution in [0.5, 0.6) is 0 Å². The number of hydrogen-bond acceptors (Lipinski definition) is 4. The topological polar surface area (TPSA) is 18.5 Å². The predicted molar refractivity (Wildman–Crippen MR) is 82.2 cm³/mol. The lowest BCUT2D eigenvalue weighted by Gasteiger charge is -2.50. The van der Waals surface area contributed by atoms with E-state index in [1.54, 1.807) is 11.3 Å². The largest absolute Gasteiger partial charge is 0.308 e. The minimum Gasteiger partial charge on any atom is -0.308 e. The molecule has 3 fully saturated rings. The maximum atomic E-state index is 6.12. The molecular weight excluding hydrogens is 278 g/mol. The molecule has 0 amide bonds. The highest BCUT2D eigenvalue weighted by atomic mass is 35.5. The second-order valence-electron chi connectivity index (χ2n) is 5.48. The van der Waals surface area contributed by atoms with Crippen LogP contribution in [0.15, 0.2) is 12.1 Å². The molecule has 1 aromatic heterocycles. The highest BCUT2D eigenvalue weighted by Crippen LogP contribution is 2.33. The predicted octanol–water partition coefficient (Wildman–Crippen LogP) is 2.44. The fourth-order valence-electron chi connectivity index (χ4n) is 3.20. The highest BCUT2D eigenvalue weighted by Gasteiger charge is 2.37.